The second kappa shape index (κ2) is 6.36. The van der Waals surface area contributed by atoms with Crippen LogP contribution in [0.3, 0.4) is 0 Å². The number of nitrogens with one attached hydrogen (secondary N) is 1. The standard InChI is InChI=1S/C11H10ClF3N2O2S/c1-5(9(18)17-10(16)19)20-6-2-3-8(12)7(4-6)11(13,14)15/h2-5H,1H3,(H3,16,17,18,19). The molecule has 3 N–H and O–H groups in total. The number of nitrogens with two attached hydrogens (primary N) is 1. The smallest absolute Gasteiger partial charge is 0.351 e. The van der Waals surface area contributed by atoms with Gasteiger partial charge >= 0.3 is 12.2 Å². The second-order valence-corrected chi connectivity index (χ2v) is 5.57. The summed E-state index contributed by atoms with van der Waals surface area (Å²) in [6, 6.07) is 2.29. The van der Waals surface area contributed by atoms with E-state index < -0.39 is 34.0 Å². The number of rotatable bonds is 3. The summed E-state index contributed by atoms with van der Waals surface area (Å²) in [5.41, 5.74) is 3.80. The Kier molecular flexibility index (Phi) is 5.29. The van der Waals surface area contributed by atoms with Crippen LogP contribution in [0.1, 0.15) is 12.5 Å². The van der Waals surface area contributed by atoms with E-state index in [1.165, 1.54) is 13.0 Å². The van der Waals surface area contributed by atoms with E-state index in [9.17, 15) is 22.8 Å². The fraction of sp³-hybridized carbons (Fsp3) is 0.273. The van der Waals surface area contributed by atoms with Crippen molar-refractivity contribution in [2.75, 3.05) is 0 Å². The summed E-state index contributed by atoms with van der Waals surface area (Å²) in [5, 5.41) is 0.642. The SMILES string of the molecule is CC(Sc1ccc(Cl)c(C(F)(F)F)c1)C(=O)NC(N)=O. The van der Waals surface area contributed by atoms with Crippen LogP contribution in [0.5, 0.6) is 0 Å². The Balaban J connectivity index is 2.89. The minimum absolute atomic E-state index is 0.203. The Morgan fingerprint density at radius 2 is 2.00 bits per heavy atom. The van der Waals surface area contributed by atoms with Gasteiger partial charge in [0.05, 0.1) is 15.8 Å². The lowest BCUT2D eigenvalue weighted by atomic mass is 10.2. The molecule has 0 aromatic heterocycles. The van der Waals surface area contributed by atoms with Gasteiger partial charge in [-0.15, -0.1) is 11.8 Å². The lowest BCUT2D eigenvalue weighted by Crippen LogP contribution is -2.39. The van der Waals surface area contributed by atoms with Crippen LogP contribution in [0.2, 0.25) is 5.02 Å². The Bertz CT molecular complexity index is 537. The van der Waals surface area contributed by atoms with Gasteiger partial charge in [0.2, 0.25) is 5.91 Å². The first-order valence-electron chi connectivity index (χ1n) is 5.25. The quantitative estimate of drug-likeness (QED) is 0.839. The zero-order valence-electron chi connectivity index (χ0n) is 10.1. The first-order chi connectivity index (χ1) is 9.11. The van der Waals surface area contributed by atoms with Gasteiger partial charge in [0.25, 0.3) is 0 Å². The third-order valence-electron chi connectivity index (χ3n) is 2.17. The molecule has 0 fully saturated rings. The van der Waals surface area contributed by atoms with Crippen LogP contribution in [0.25, 0.3) is 0 Å². The summed E-state index contributed by atoms with van der Waals surface area (Å²) in [4.78, 5) is 22.1. The third-order valence-corrected chi connectivity index (χ3v) is 3.60. The van der Waals surface area contributed by atoms with Crippen LogP contribution >= 0.6 is 23.4 Å². The first-order valence-corrected chi connectivity index (χ1v) is 6.50. The maximum atomic E-state index is 12.7. The van der Waals surface area contributed by atoms with E-state index in [-0.39, 0.29) is 4.90 Å². The summed E-state index contributed by atoms with van der Waals surface area (Å²) >= 11 is 6.33. The fourth-order valence-electron chi connectivity index (χ4n) is 1.28. The van der Waals surface area contributed by atoms with E-state index in [1.807, 2.05) is 5.32 Å². The topological polar surface area (TPSA) is 72.2 Å². The largest absolute Gasteiger partial charge is 0.417 e. The molecule has 20 heavy (non-hydrogen) atoms. The zero-order chi connectivity index (χ0) is 15.5. The highest BCUT2D eigenvalue weighted by atomic mass is 35.5. The maximum absolute atomic E-state index is 12.7. The lowest BCUT2D eigenvalue weighted by Gasteiger charge is -2.13. The molecule has 0 radical (unpaired) electrons. The van der Waals surface area contributed by atoms with Crippen LogP contribution < -0.4 is 11.1 Å². The van der Waals surface area contributed by atoms with Gasteiger partial charge in [-0.1, -0.05) is 11.6 Å². The molecule has 1 rings (SSSR count). The van der Waals surface area contributed by atoms with Crippen molar-refractivity contribution in [2.24, 2.45) is 5.73 Å². The monoisotopic (exact) mass is 326 g/mol. The molecule has 0 spiro atoms. The third kappa shape index (κ3) is 4.61. The highest BCUT2D eigenvalue weighted by Gasteiger charge is 2.33. The fourth-order valence-corrected chi connectivity index (χ4v) is 2.41. The second-order valence-electron chi connectivity index (χ2n) is 3.75. The number of imide groups is 1. The minimum Gasteiger partial charge on any atom is -0.351 e. The van der Waals surface area contributed by atoms with Crippen LogP contribution in [0.4, 0.5) is 18.0 Å². The van der Waals surface area contributed by atoms with Gasteiger partial charge in [-0.25, -0.2) is 4.79 Å². The van der Waals surface area contributed by atoms with Gasteiger partial charge in [0.1, 0.15) is 0 Å². The van der Waals surface area contributed by atoms with Gasteiger partial charge in [0, 0.05) is 4.90 Å². The molecule has 0 saturated heterocycles. The van der Waals surface area contributed by atoms with Gasteiger partial charge in [-0.2, -0.15) is 13.2 Å². The van der Waals surface area contributed by atoms with Crippen molar-refractivity contribution in [3.8, 4) is 0 Å². The highest BCUT2D eigenvalue weighted by molar-refractivity contribution is 8.00. The Morgan fingerprint density at radius 3 is 2.50 bits per heavy atom. The van der Waals surface area contributed by atoms with E-state index in [2.05, 4.69) is 0 Å². The predicted molar refractivity (Wildman–Crippen MR) is 69.5 cm³/mol. The number of alkyl halides is 3. The van der Waals surface area contributed by atoms with Crippen molar-refractivity contribution in [3.63, 3.8) is 0 Å². The van der Waals surface area contributed by atoms with E-state index in [1.54, 1.807) is 0 Å². The molecule has 1 unspecified atom stereocenters. The molecular formula is C11H10ClF3N2O2S. The van der Waals surface area contributed by atoms with Crippen molar-refractivity contribution in [1.29, 1.82) is 0 Å². The number of benzene rings is 1. The van der Waals surface area contributed by atoms with Crippen LogP contribution in [-0.2, 0) is 11.0 Å². The summed E-state index contributed by atoms with van der Waals surface area (Å²) in [6.07, 6.45) is -4.58. The minimum atomic E-state index is -4.58. The first kappa shape index (κ1) is 16.6. The number of thioether (sulfide) groups is 1. The summed E-state index contributed by atoms with van der Waals surface area (Å²) in [5.74, 6) is -0.689. The van der Waals surface area contributed by atoms with Crippen molar-refractivity contribution >= 4 is 35.3 Å². The summed E-state index contributed by atoms with van der Waals surface area (Å²) < 4.78 is 38.0. The molecule has 0 aliphatic carbocycles. The number of carbonyl (C=O) groups is 2. The number of amides is 3. The van der Waals surface area contributed by atoms with Crippen LogP contribution in [0, 0.1) is 0 Å². The molecule has 9 heteroatoms. The van der Waals surface area contributed by atoms with Crippen molar-refractivity contribution in [3.05, 3.63) is 28.8 Å². The van der Waals surface area contributed by atoms with Crippen molar-refractivity contribution < 1.29 is 22.8 Å². The average molecular weight is 327 g/mol. The molecule has 0 heterocycles. The van der Waals surface area contributed by atoms with E-state index in [4.69, 9.17) is 17.3 Å². The number of hydrogen-bond donors (Lipinski definition) is 2. The van der Waals surface area contributed by atoms with Gasteiger partial charge < -0.3 is 5.73 Å². The number of hydrogen-bond acceptors (Lipinski definition) is 3. The zero-order valence-corrected chi connectivity index (χ0v) is 11.7. The Labute approximate surface area is 121 Å². The van der Waals surface area contributed by atoms with Crippen LogP contribution in [0.15, 0.2) is 23.1 Å². The van der Waals surface area contributed by atoms with E-state index in [0.717, 1.165) is 23.9 Å². The maximum Gasteiger partial charge on any atom is 0.417 e. The Hall–Kier alpha value is -1.41. The summed E-state index contributed by atoms with van der Waals surface area (Å²) in [6.45, 7) is 1.44. The number of urea groups is 1. The molecule has 1 aromatic rings. The molecule has 0 aliphatic heterocycles. The molecule has 110 valence electrons. The van der Waals surface area contributed by atoms with Crippen LogP contribution in [-0.4, -0.2) is 17.2 Å². The molecule has 3 amide bonds. The highest BCUT2D eigenvalue weighted by Crippen LogP contribution is 2.37. The molecule has 4 nitrogen and oxygen atoms in total. The summed E-state index contributed by atoms with van der Waals surface area (Å²) in [7, 11) is 0. The number of halogens is 4. The van der Waals surface area contributed by atoms with Gasteiger partial charge in [0.15, 0.2) is 0 Å². The number of carbonyl (C=O) groups excluding carboxylic acids is 2. The normalized spacial score (nSPS) is 12.8. The predicted octanol–water partition coefficient (Wildman–Crippen LogP) is 3.03. The van der Waals surface area contributed by atoms with Crippen molar-refractivity contribution in [2.45, 2.75) is 23.2 Å². The average Bonchev–Trinajstić information content (AvgIpc) is 2.29. The molecular weight excluding hydrogens is 317 g/mol. The van der Waals surface area contributed by atoms with E-state index in [0.29, 0.717) is 0 Å². The van der Waals surface area contributed by atoms with E-state index >= 15 is 0 Å². The molecule has 1 atom stereocenters. The van der Waals surface area contributed by atoms with Crippen molar-refractivity contribution in [1.82, 2.24) is 5.32 Å². The molecule has 0 bridgehead atoms. The Morgan fingerprint density at radius 1 is 1.40 bits per heavy atom. The van der Waals surface area contributed by atoms with Gasteiger partial charge in [-0.3, -0.25) is 10.1 Å². The molecule has 1 aromatic carbocycles. The van der Waals surface area contributed by atoms with Gasteiger partial charge in [-0.05, 0) is 25.1 Å². The lowest BCUT2D eigenvalue weighted by molar-refractivity contribution is -0.137. The molecule has 0 aliphatic rings. The number of primary amides is 1. The molecule has 0 saturated carbocycles.